The molecule has 0 unspecified atom stereocenters. The van der Waals surface area contributed by atoms with Crippen molar-refractivity contribution in [1.82, 2.24) is 4.90 Å². The van der Waals surface area contributed by atoms with Gasteiger partial charge in [-0.25, -0.2) is 4.39 Å². The Kier molecular flexibility index (Phi) is 6.36. The van der Waals surface area contributed by atoms with E-state index in [0.29, 0.717) is 18.0 Å². The number of nitrogens with zero attached hydrogens (tertiary/aromatic N) is 1. The maximum atomic E-state index is 13.7. The molecule has 0 saturated carbocycles. The summed E-state index contributed by atoms with van der Waals surface area (Å²) in [4.78, 5) is 14.2. The Morgan fingerprint density at radius 3 is 2.48 bits per heavy atom. The van der Waals surface area contributed by atoms with E-state index in [1.807, 2.05) is 30.1 Å². The van der Waals surface area contributed by atoms with Gasteiger partial charge in [-0.05, 0) is 43.8 Å². The average molecular weight is 346 g/mol. The van der Waals surface area contributed by atoms with Crippen LogP contribution in [0.4, 0.5) is 10.1 Å². The molecule has 1 N–H and O–H groups in total. The van der Waals surface area contributed by atoms with Gasteiger partial charge in [-0.1, -0.05) is 18.2 Å². The number of nitrogens with one attached hydrogen (secondary N) is 1. The summed E-state index contributed by atoms with van der Waals surface area (Å²) in [6.45, 7) is 2.31. The highest BCUT2D eigenvalue weighted by atomic mass is 19.1. The van der Waals surface area contributed by atoms with Crippen LogP contribution in [-0.4, -0.2) is 38.1 Å². The Labute approximate surface area is 147 Å². The molecule has 6 heteroatoms. The quantitative estimate of drug-likeness (QED) is 0.836. The summed E-state index contributed by atoms with van der Waals surface area (Å²) in [5.41, 5.74) is 1.16. The molecule has 0 aliphatic rings. The zero-order valence-electron chi connectivity index (χ0n) is 14.9. The van der Waals surface area contributed by atoms with Crippen molar-refractivity contribution >= 4 is 11.6 Å². The second-order valence-electron chi connectivity index (χ2n) is 5.75. The lowest BCUT2D eigenvalue weighted by Gasteiger charge is -2.24. The fourth-order valence-electron chi connectivity index (χ4n) is 2.40. The topological polar surface area (TPSA) is 50.8 Å². The van der Waals surface area contributed by atoms with Gasteiger partial charge in [0.15, 0.2) is 11.5 Å². The van der Waals surface area contributed by atoms with Crippen LogP contribution in [0.2, 0.25) is 0 Å². The highest BCUT2D eigenvalue weighted by Gasteiger charge is 2.19. The van der Waals surface area contributed by atoms with E-state index in [0.717, 1.165) is 5.56 Å². The van der Waals surface area contributed by atoms with Crippen LogP contribution in [0.25, 0.3) is 0 Å². The summed E-state index contributed by atoms with van der Waals surface area (Å²) in [5.74, 6) is 0.565. The normalized spacial score (nSPS) is 11.9. The minimum absolute atomic E-state index is 0.180. The molecule has 25 heavy (non-hydrogen) atoms. The van der Waals surface area contributed by atoms with Crippen molar-refractivity contribution in [3.63, 3.8) is 0 Å². The number of likely N-dealkylation sites (N-methyl/N-ethyl adjacent to an activating group) is 1. The van der Waals surface area contributed by atoms with Crippen molar-refractivity contribution in [2.24, 2.45) is 0 Å². The summed E-state index contributed by atoms with van der Waals surface area (Å²) in [7, 11) is 5.00. The van der Waals surface area contributed by atoms with Crippen LogP contribution < -0.4 is 14.8 Å². The molecule has 2 aromatic rings. The van der Waals surface area contributed by atoms with Gasteiger partial charge >= 0.3 is 0 Å². The minimum Gasteiger partial charge on any atom is -0.493 e. The van der Waals surface area contributed by atoms with Crippen LogP contribution in [0.3, 0.4) is 0 Å². The van der Waals surface area contributed by atoms with E-state index < -0.39 is 11.9 Å². The largest absolute Gasteiger partial charge is 0.493 e. The van der Waals surface area contributed by atoms with E-state index >= 15 is 0 Å². The van der Waals surface area contributed by atoms with E-state index in [1.165, 1.54) is 12.1 Å². The van der Waals surface area contributed by atoms with Crippen LogP contribution in [0, 0.1) is 5.82 Å². The molecule has 0 aromatic heterocycles. The standard InChI is InChI=1S/C19H23FN2O3/c1-13(19(23)21-16-8-6-5-7-15(16)20)22(2)12-14-9-10-17(24-3)18(11-14)25-4/h5-11,13H,12H2,1-4H3,(H,21,23)/t13-/m1/s1. The number of hydrogen-bond donors (Lipinski definition) is 1. The van der Waals surface area contributed by atoms with Gasteiger partial charge in [-0.2, -0.15) is 0 Å². The number of amides is 1. The number of rotatable bonds is 7. The third-order valence-corrected chi connectivity index (χ3v) is 4.05. The summed E-state index contributed by atoms with van der Waals surface area (Å²) >= 11 is 0. The van der Waals surface area contributed by atoms with E-state index in [2.05, 4.69) is 5.32 Å². The molecule has 0 aliphatic carbocycles. The Morgan fingerprint density at radius 2 is 1.84 bits per heavy atom. The van der Waals surface area contributed by atoms with Crippen molar-refractivity contribution in [2.45, 2.75) is 19.5 Å². The number of carbonyl (C=O) groups is 1. The predicted molar refractivity (Wildman–Crippen MR) is 95.5 cm³/mol. The van der Waals surface area contributed by atoms with Gasteiger partial charge in [-0.15, -0.1) is 0 Å². The molecule has 2 rings (SSSR count). The molecule has 0 fully saturated rings. The van der Waals surface area contributed by atoms with E-state index in [1.54, 1.807) is 33.3 Å². The van der Waals surface area contributed by atoms with Crippen LogP contribution in [0.5, 0.6) is 11.5 Å². The Morgan fingerprint density at radius 1 is 1.16 bits per heavy atom. The van der Waals surface area contributed by atoms with Crippen LogP contribution >= 0.6 is 0 Å². The third-order valence-electron chi connectivity index (χ3n) is 4.05. The first-order chi connectivity index (χ1) is 12.0. The predicted octanol–water partition coefficient (Wildman–Crippen LogP) is 3.30. The van der Waals surface area contributed by atoms with Gasteiger partial charge in [0.25, 0.3) is 0 Å². The molecule has 0 heterocycles. The lowest BCUT2D eigenvalue weighted by molar-refractivity contribution is -0.120. The summed E-state index contributed by atoms with van der Waals surface area (Å²) in [5, 5.41) is 2.62. The lowest BCUT2D eigenvalue weighted by Crippen LogP contribution is -2.39. The zero-order valence-corrected chi connectivity index (χ0v) is 14.9. The third kappa shape index (κ3) is 4.70. The monoisotopic (exact) mass is 346 g/mol. The van der Waals surface area contributed by atoms with Crippen molar-refractivity contribution in [3.05, 3.63) is 53.8 Å². The Balaban J connectivity index is 2.03. The van der Waals surface area contributed by atoms with E-state index in [-0.39, 0.29) is 11.6 Å². The van der Waals surface area contributed by atoms with E-state index in [4.69, 9.17) is 9.47 Å². The minimum atomic E-state index is -0.453. The Hall–Kier alpha value is -2.60. The molecule has 0 bridgehead atoms. The fraction of sp³-hybridized carbons (Fsp3) is 0.316. The summed E-state index contributed by atoms with van der Waals surface area (Å²) in [6, 6.07) is 11.3. The number of benzene rings is 2. The molecular formula is C19H23FN2O3. The van der Waals surface area contributed by atoms with Crippen molar-refractivity contribution in [2.75, 3.05) is 26.6 Å². The number of carbonyl (C=O) groups excluding carboxylic acids is 1. The average Bonchev–Trinajstić information content (AvgIpc) is 2.62. The zero-order chi connectivity index (χ0) is 18.4. The van der Waals surface area contributed by atoms with Crippen molar-refractivity contribution in [1.29, 1.82) is 0 Å². The fourth-order valence-corrected chi connectivity index (χ4v) is 2.40. The maximum absolute atomic E-state index is 13.7. The lowest BCUT2D eigenvalue weighted by atomic mass is 10.1. The number of anilines is 1. The smallest absolute Gasteiger partial charge is 0.241 e. The highest BCUT2D eigenvalue weighted by Crippen LogP contribution is 2.28. The van der Waals surface area contributed by atoms with Crippen LogP contribution in [0.15, 0.2) is 42.5 Å². The first-order valence-electron chi connectivity index (χ1n) is 7.92. The number of hydrogen-bond acceptors (Lipinski definition) is 4. The molecule has 1 atom stereocenters. The highest BCUT2D eigenvalue weighted by molar-refractivity contribution is 5.94. The van der Waals surface area contributed by atoms with Crippen molar-refractivity contribution in [3.8, 4) is 11.5 Å². The molecule has 2 aromatic carbocycles. The SMILES string of the molecule is COc1ccc(CN(C)[C@H](C)C(=O)Nc2ccccc2F)cc1OC. The van der Waals surface area contributed by atoms with Gasteiger partial charge < -0.3 is 14.8 Å². The number of halogens is 1. The van der Waals surface area contributed by atoms with E-state index in [9.17, 15) is 9.18 Å². The van der Waals surface area contributed by atoms with Gasteiger partial charge in [0, 0.05) is 6.54 Å². The molecule has 0 radical (unpaired) electrons. The van der Waals surface area contributed by atoms with Crippen LogP contribution in [-0.2, 0) is 11.3 Å². The number of para-hydroxylation sites is 1. The first-order valence-corrected chi connectivity index (χ1v) is 7.92. The van der Waals surface area contributed by atoms with Gasteiger partial charge in [0.1, 0.15) is 5.82 Å². The number of ether oxygens (including phenoxy) is 2. The second-order valence-corrected chi connectivity index (χ2v) is 5.75. The van der Waals surface area contributed by atoms with Gasteiger partial charge in [0.2, 0.25) is 5.91 Å². The maximum Gasteiger partial charge on any atom is 0.241 e. The molecule has 5 nitrogen and oxygen atoms in total. The number of methoxy groups -OCH3 is 2. The van der Waals surface area contributed by atoms with Gasteiger partial charge in [0.05, 0.1) is 25.9 Å². The molecule has 0 aliphatic heterocycles. The molecule has 0 saturated heterocycles. The van der Waals surface area contributed by atoms with Gasteiger partial charge in [-0.3, -0.25) is 9.69 Å². The molecule has 1 amide bonds. The molecule has 0 spiro atoms. The first kappa shape index (κ1) is 18.7. The second kappa shape index (κ2) is 8.48. The Bertz CT molecular complexity index is 736. The van der Waals surface area contributed by atoms with Crippen molar-refractivity contribution < 1.29 is 18.7 Å². The van der Waals surface area contributed by atoms with Crippen LogP contribution in [0.1, 0.15) is 12.5 Å². The summed E-state index contributed by atoms with van der Waals surface area (Å²) in [6.07, 6.45) is 0. The molecule has 134 valence electrons. The molecular weight excluding hydrogens is 323 g/mol. The summed E-state index contributed by atoms with van der Waals surface area (Å²) < 4.78 is 24.2.